The van der Waals surface area contributed by atoms with Gasteiger partial charge >= 0.3 is 12.2 Å². The van der Waals surface area contributed by atoms with Crippen LogP contribution >= 0.6 is 0 Å². The van der Waals surface area contributed by atoms with Crippen molar-refractivity contribution < 1.29 is 28.7 Å². The van der Waals surface area contributed by atoms with E-state index in [1.807, 2.05) is 60.7 Å². The molecule has 4 amide bonds. The summed E-state index contributed by atoms with van der Waals surface area (Å²) in [5.74, 6) is 2.40. The minimum atomic E-state index is -0.475. The van der Waals surface area contributed by atoms with Gasteiger partial charge in [-0.3, -0.25) is 19.4 Å². The summed E-state index contributed by atoms with van der Waals surface area (Å²) >= 11 is 0. The molecule has 0 bridgehead atoms. The van der Waals surface area contributed by atoms with Gasteiger partial charge in [-0.05, 0) is 129 Å². The zero-order valence-electron chi connectivity index (χ0n) is 32.8. The van der Waals surface area contributed by atoms with Gasteiger partial charge in [0.05, 0.1) is 0 Å². The molecule has 2 aliphatic heterocycles. The largest absolute Gasteiger partial charge is 0.445 e. The fraction of sp³-hybridized carbons (Fsp3) is 0.644. The molecule has 0 aromatic heterocycles. The van der Waals surface area contributed by atoms with Crippen molar-refractivity contribution in [1.29, 1.82) is 0 Å². The summed E-state index contributed by atoms with van der Waals surface area (Å²) < 4.78 is 11.2. The van der Waals surface area contributed by atoms with Crippen molar-refractivity contribution in [2.45, 2.75) is 135 Å². The van der Waals surface area contributed by atoms with E-state index in [0.717, 1.165) is 62.5 Å². The molecule has 2 heterocycles. The molecule has 10 nitrogen and oxygen atoms in total. The predicted octanol–water partition coefficient (Wildman–Crippen LogP) is 7.60. The van der Waals surface area contributed by atoms with E-state index in [0.29, 0.717) is 49.6 Å². The highest BCUT2D eigenvalue weighted by molar-refractivity contribution is 5.87. The van der Waals surface area contributed by atoms with Crippen molar-refractivity contribution in [1.82, 2.24) is 20.4 Å². The van der Waals surface area contributed by atoms with Gasteiger partial charge in [-0.25, -0.2) is 9.59 Å². The van der Waals surface area contributed by atoms with Gasteiger partial charge in [-0.15, -0.1) is 0 Å². The number of amides is 4. The van der Waals surface area contributed by atoms with Crippen LogP contribution in [0.4, 0.5) is 9.59 Å². The minimum absolute atomic E-state index is 0.0241. The van der Waals surface area contributed by atoms with Crippen molar-refractivity contribution in [3.8, 4) is 0 Å². The summed E-state index contributed by atoms with van der Waals surface area (Å²) in [4.78, 5) is 56.8. The highest BCUT2D eigenvalue weighted by Crippen LogP contribution is 2.66. The monoisotopic (exact) mass is 752 g/mol. The fourth-order valence-electron chi connectivity index (χ4n) is 12.3. The van der Waals surface area contributed by atoms with Crippen LogP contribution < -0.4 is 10.6 Å². The lowest BCUT2D eigenvalue weighted by Gasteiger charge is -2.61. The Morgan fingerprint density at radius 1 is 0.636 bits per heavy atom. The number of benzene rings is 2. The summed E-state index contributed by atoms with van der Waals surface area (Å²) in [6, 6.07) is 18.6. The number of fused-ring (bicyclic) bond motifs is 5. The molecule has 55 heavy (non-hydrogen) atoms. The van der Waals surface area contributed by atoms with Crippen LogP contribution in [0.5, 0.6) is 0 Å². The molecular weight excluding hydrogens is 693 g/mol. The van der Waals surface area contributed by atoms with Crippen LogP contribution in [0.3, 0.4) is 0 Å². The van der Waals surface area contributed by atoms with E-state index in [-0.39, 0.29) is 47.9 Å². The van der Waals surface area contributed by atoms with Crippen LogP contribution in [0.2, 0.25) is 0 Å². The third-order valence-electron chi connectivity index (χ3n) is 15.3. The molecule has 8 rings (SSSR count). The molecule has 10 heteroatoms. The molecular formula is C45H60N4O6. The first-order valence-electron chi connectivity index (χ1n) is 21.2. The van der Waals surface area contributed by atoms with Gasteiger partial charge < -0.3 is 20.1 Å². The molecule has 2 saturated heterocycles. The fourth-order valence-corrected chi connectivity index (χ4v) is 12.3. The molecule has 10 atom stereocenters. The van der Waals surface area contributed by atoms with Crippen molar-refractivity contribution >= 4 is 24.0 Å². The summed E-state index contributed by atoms with van der Waals surface area (Å²) in [5, 5.41) is 6.89. The Labute approximate surface area is 326 Å². The normalized spacial score (nSPS) is 35.2. The average Bonchev–Trinajstić information content (AvgIpc) is 3.97. The zero-order valence-corrected chi connectivity index (χ0v) is 32.8. The average molecular weight is 753 g/mol. The first-order valence-corrected chi connectivity index (χ1v) is 21.2. The molecule has 4 aliphatic carbocycles. The van der Waals surface area contributed by atoms with Crippen molar-refractivity contribution in [2.75, 3.05) is 13.1 Å². The first-order chi connectivity index (χ1) is 26.6. The smallest absolute Gasteiger partial charge is 0.410 e. The molecule has 6 aliphatic rings. The highest BCUT2D eigenvalue weighted by Gasteiger charge is 2.60. The maximum Gasteiger partial charge on any atom is 0.410 e. The van der Waals surface area contributed by atoms with E-state index in [1.165, 1.54) is 19.3 Å². The Morgan fingerprint density at radius 2 is 1.18 bits per heavy atom. The van der Waals surface area contributed by atoms with Crippen LogP contribution in [0.1, 0.15) is 108 Å². The van der Waals surface area contributed by atoms with E-state index < -0.39 is 24.3 Å². The van der Waals surface area contributed by atoms with E-state index in [1.54, 1.807) is 9.80 Å². The highest BCUT2D eigenvalue weighted by atomic mass is 16.6. The number of hydrogen-bond donors (Lipinski definition) is 2. The number of carbonyl (C=O) groups is 4. The SMILES string of the molecule is C[C@]12CC[C@H](NC(=O)[C@@H]3CCCN3C(=O)OCc3ccccc3)C[C@H]1CC[C@@H]1[C@@H]2CC[C@]2(C)[C@@H](NC(=O)[C@@H]3CCCN3C(=O)OCc3ccccc3)CC[C@@H]12. The maximum absolute atomic E-state index is 13.8. The van der Waals surface area contributed by atoms with E-state index in [2.05, 4.69) is 24.5 Å². The van der Waals surface area contributed by atoms with Gasteiger partial charge in [-0.2, -0.15) is 0 Å². The lowest BCUT2D eigenvalue weighted by atomic mass is 9.45. The third-order valence-corrected chi connectivity index (χ3v) is 15.3. The third kappa shape index (κ3) is 7.46. The van der Waals surface area contributed by atoms with E-state index in [9.17, 15) is 19.2 Å². The van der Waals surface area contributed by atoms with Crippen molar-refractivity contribution in [2.24, 2.45) is 34.5 Å². The topological polar surface area (TPSA) is 117 Å². The summed E-state index contributed by atoms with van der Waals surface area (Å²) in [6.07, 6.45) is 12.0. The second kappa shape index (κ2) is 15.8. The van der Waals surface area contributed by atoms with Crippen LogP contribution in [0, 0.1) is 34.5 Å². The summed E-state index contributed by atoms with van der Waals surface area (Å²) in [6.45, 7) is 6.48. The van der Waals surface area contributed by atoms with Gasteiger partial charge in [0.25, 0.3) is 0 Å². The molecule has 296 valence electrons. The minimum Gasteiger partial charge on any atom is -0.445 e. The molecule has 4 saturated carbocycles. The van der Waals surface area contributed by atoms with Gasteiger partial charge in [-0.1, -0.05) is 74.5 Å². The zero-order chi connectivity index (χ0) is 38.2. The Kier molecular flexibility index (Phi) is 10.9. The van der Waals surface area contributed by atoms with Crippen molar-refractivity contribution in [3.05, 3.63) is 71.8 Å². The Morgan fingerprint density at radius 3 is 1.78 bits per heavy atom. The summed E-state index contributed by atoms with van der Waals surface area (Å²) in [7, 11) is 0. The number of ether oxygens (including phenoxy) is 2. The number of hydrogen-bond acceptors (Lipinski definition) is 6. The van der Waals surface area contributed by atoms with Gasteiger partial charge in [0.1, 0.15) is 25.3 Å². The number of likely N-dealkylation sites (tertiary alicyclic amines) is 2. The second-order valence-electron chi connectivity index (χ2n) is 18.1. The maximum atomic E-state index is 13.8. The van der Waals surface area contributed by atoms with E-state index in [4.69, 9.17) is 9.47 Å². The van der Waals surface area contributed by atoms with Crippen molar-refractivity contribution in [3.63, 3.8) is 0 Å². The van der Waals surface area contributed by atoms with Gasteiger partial charge in [0.2, 0.25) is 11.8 Å². The quantitative estimate of drug-likeness (QED) is 0.287. The Bertz CT molecular complexity index is 1710. The van der Waals surface area contributed by atoms with Crippen LogP contribution in [-0.2, 0) is 32.3 Å². The molecule has 0 spiro atoms. The van der Waals surface area contributed by atoms with E-state index >= 15 is 0 Å². The van der Waals surface area contributed by atoms with Crippen LogP contribution in [0.15, 0.2) is 60.7 Å². The lowest BCUT2D eigenvalue weighted by Crippen LogP contribution is -2.58. The van der Waals surface area contributed by atoms with Crippen LogP contribution in [-0.4, -0.2) is 71.1 Å². The predicted molar refractivity (Wildman–Crippen MR) is 208 cm³/mol. The molecule has 2 N–H and O–H groups in total. The molecule has 2 aromatic carbocycles. The number of rotatable bonds is 8. The Balaban J connectivity index is 0.839. The molecule has 0 unspecified atom stereocenters. The first kappa shape index (κ1) is 37.8. The van der Waals surface area contributed by atoms with Gasteiger partial charge in [0, 0.05) is 25.2 Å². The Hall–Kier alpha value is -4.08. The van der Waals surface area contributed by atoms with Crippen LogP contribution in [0.25, 0.3) is 0 Å². The molecule has 0 radical (unpaired) electrons. The molecule has 6 fully saturated rings. The standard InChI is InChI=1S/C45H60N4O6/c1-44-23-21-33(46-40(50)37-15-9-25-48(37)42(52)54-28-30-11-5-3-6-12-30)27-32(44)17-18-34-35-19-20-39(45(35,2)24-22-36(34)44)47-41(51)38-16-10-26-49(38)43(53)55-29-31-13-7-4-8-14-31/h3-8,11-14,32-39H,9-10,15-29H2,1-2H3,(H,46,50)(H,47,51)/t32-,33+,34+,35+,36+,37+,38+,39+,44+,45+/m1/s1. The summed E-state index contributed by atoms with van der Waals surface area (Å²) in [5.41, 5.74) is 2.17. The van der Waals surface area contributed by atoms with Gasteiger partial charge in [0.15, 0.2) is 0 Å². The lowest BCUT2D eigenvalue weighted by molar-refractivity contribution is -0.131. The number of nitrogens with zero attached hydrogens (tertiary/aromatic N) is 2. The number of carbonyl (C=O) groups excluding carboxylic acids is 4. The molecule has 2 aromatic rings. The number of nitrogens with one attached hydrogen (secondary N) is 2. The second-order valence-corrected chi connectivity index (χ2v) is 18.1.